The van der Waals surface area contributed by atoms with Crippen molar-refractivity contribution >= 4 is 11.9 Å². The van der Waals surface area contributed by atoms with E-state index in [1.807, 2.05) is 54.3 Å². The number of benzene rings is 2. The number of amides is 1. The van der Waals surface area contributed by atoms with Gasteiger partial charge in [0, 0.05) is 12.1 Å². The van der Waals surface area contributed by atoms with Crippen LogP contribution in [-0.2, 0) is 21.6 Å². The summed E-state index contributed by atoms with van der Waals surface area (Å²) in [6, 6.07) is 15.6. The Kier molecular flexibility index (Phi) is 3.83. The van der Waals surface area contributed by atoms with Gasteiger partial charge < -0.3 is 9.64 Å². The van der Waals surface area contributed by atoms with Crippen LogP contribution in [0.3, 0.4) is 0 Å². The summed E-state index contributed by atoms with van der Waals surface area (Å²) in [6.07, 6.45) is 1.98. The Labute approximate surface area is 147 Å². The van der Waals surface area contributed by atoms with E-state index in [2.05, 4.69) is 0 Å². The van der Waals surface area contributed by atoms with E-state index in [0.717, 1.165) is 29.5 Å². The number of nitrogens with zero attached hydrogens (tertiary/aromatic N) is 1. The monoisotopic (exact) mass is 335 g/mol. The zero-order valence-corrected chi connectivity index (χ0v) is 14.3. The number of esters is 1. The van der Waals surface area contributed by atoms with Gasteiger partial charge in [0.1, 0.15) is 0 Å². The van der Waals surface area contributed by atoms with E-state index in [4.69, 9.17) is 4.74 Å². The maximum absolute atomic E-state index is 12.8. The molecule has 4 heteroatoms. The minimum Gasteiger partial charge on any atom is -0.449 e. The van der Waals surface area contributed by atoms with Crippen molar-refractivity contribution in [2.75, 3.05) is 13.1 Å². The van der Waals surface area contributed by atoms with Gasteiger partial charge in [0.15, 0.2) is 5.60 Å². The van der Waals surface area contributed by atoms with Crippen molar-refractivity contribution in [1.29, 1.82) is 0 Å². The lowest BCUT2D eigenvalue weighted by molar-refractivity contribution is -0.138. The Morgan fingerprint density at radius 2 is 2.04 bits per heavy atom. The summed E-state index contributed by atoms with van der Waals surface area (Å²) in [5.74, 6) is -0.186. The average Bonchev–Trinajstić information content (AvgIpc) is 2.87. The van der Waals surface area contributed by atoms with Crippen LogP contribution in [0.25, 0.3) is 0 Å². The van der Waals surface area contributed by atoms with Crippen molar-refractivity contribution in [2.45, 2.75) is 31.8 Å². The second kappa shape index (κ2) is 6.03. The summed E-state index contributed by atoms with van der Waals surface area (Å²) in [6.45, 7) is 3.19. The summed E-state index contributed by atoms with van der Waals surface area (Å²) >= 11 is 0. The predicted molar refractivity (Wildman–Crippen MR) is 94.2 cm³/mol. The first-order chi connectivity index (χ1) is 12.1. The van der Waals surface area contributed by atoms with E-state index in [9.17, 15) is 9.59 Å². The van der Waals surface area contributed by atoms with Gasteiger partial charge in [0.25, 0.3) is 0 Å². The molecule has 1 amide bonds. The number of carbonyl (C=O) groups is 2. The fraction of sp³-hybridized carbons (Fsp3) is 0.333. The van der Waals surface area contributed by atoms with Gasteiger partial charge >= 0.3 is 5.97 Å². The number of hydrogen-bond acceptors (Lipinski definition) is 3. The van der Waals surface area contributed by atoms with Crippen molar-refractivity contribution in [1.82, 2.24) is 4.90 Å². The van der Waals surface area contributed by atoms with E-state index in [1.165, 1.54) is 0 Å². The van der Waals surface area contributed by atoms with Gasteiger partial charge in [0.2, 0.25) is 5.91 Å². The number of ether oxygens (including phenoxy) is 1. The van der Waals surface area contributed by atoms with Crippen molar-refractivity contribution in [3.05, 3.63) is 70.8 Å². The molecule has 0 aliphatic carbocycles. The number of hydrogen-bond donors (Lipinski definition) is 0. The normalized spacial score (nSPS) is 22.0. The molecule has 0 saturated carbocycles. The maximum Gasteiger partial charge on any atom is 0.339 e. The van der Waals surface area contributed by atoms with Crippen LogP contribution in [-0.4, -0.2) is 29.9 Å². The van der Waals surface area contributed by atoms with E-state index in [1.54, 1.807) is 6.07 Å². The lowest BCUT2D eigenvalue weighted by Crippen LogP contribution is -2.49. The molecule has 1 saturated heterocycles. The van der Waals surface area contributed by atoms with Crippen LogP contribution < -0.4 is 0 Å². The molecule has 2 aliphatic heterocycles. The molecule has 128 valence electrons. The lowest BCUT2D eigenvalue weighted by atomic mass is 9.85. The van der Waals surface area contributed by atoms with E-state index in [-0.39, 0.29) is 11.9 Å². The molecule has 0 aromatic heterocycles. The highest BCUT2D eigenvalue weighted by molar-refractivity contribution is 5.95. The fourth-order valence-electron chi connectivity index (χ4n) is 3.99. The van der Waals surface area contributed by atoms with Crippen LogP contribution >= 0.6 is 0 Å². The molecule has 0 N–H and O–H groups in total. The molecule has 0 bridgehead atoms. The van der Waals surface area contributed by atoms with Crippen LogP contribution in [0.1, 0.15) is 39.9 Å². The number of carbonyl (C=O) groups excluding carboxylic acids is 2. The smallest absolute Gasteiger partial charge is 0.339 e. The van der Waals surface area contributed by atoms with E-state index in [0.29, 0.717) is 25.1 Å². The highest BCUT2D eigenvalue weighted by Gasteiger charge is 2.48. The highest BCUT2D eigenvalue weighted by atomic mass is 16.6. The molecule has 1 atom stereocenters. The molecule has 25 heavy (non-hydrogen) atoms. The molecule has 2 heterocycles. The van der Waals surface area contributed by atoms with Crippen molar-refractivity contribution < 1.29 is 14.3 Å². The Balaban J connectivity index is 1.56. The third-order valence-corrected chi connectivity index (χ3v) is 5.17. The molecule has 0 radical (unpaired) electrons. The first-order valence-corrected chi connectivity index (χ1v) is 8.74. The number of aryl methyl sites for hydroxylation is 1. The van der Waals surface area contributed by atoms with Gasteiger partial charge in [-0.25, -0.2) is 4.79 Å². The molecular formula is C21H21NO3. The third kappa shape index (κ3) is 2.82. The first-order valence-electron chi connectivity index (χ1n) is 8.74. The lowest BCUT2D eigenvalue weighted by Gasteiger charge is -2.39. The summed E-state index contributed by atoms with van der Waals surface area (Å²) in [5, 5.41) is 0. The van der Waals surface area contributed by atoms with Gasteiger partial charge in [-0.1, -0.05) is 48.0 Å². The Morgan fingerprint density at radius 1 is 1.20 bits per heavy atom. The zero-order chi connectivity index (χ0) is 17.4. The molecule has 4 rings (SSSR count). The minimum absolute atomic E-state index is 0.0881. The molecule has 1 fully saturated rings. The van der Waals surface area contributed by atoms with Gasteiger partial charge in [-0.3, -0.25) is 4.79 Å². The molecule has 2 aromatic carbocycles. The van der Waals surface area contributed by atoms with Crippen molar-refractivity contribution in [3.63, 3.8) is 0 Å². The van der Waals surface area contributed by atoms with Gasteiger partial charge in [-0.15, -0.1) is 0 Å². The molecule has 2 aliphatic rings. The van der Waals surface area contributed by atoms with Crippen molar-refractivity contribution in [3.8, 4) is 0 Å². The fourth-order valence-corrected chi connectivity index (χ4v) is 3.99. The summed E-state index contributed by atoms with van der Waals surface area (Å²) in [4.78, 5) is 26.9. The average molecular weight is 335 g/mol. The topological polar surface area (TPSA) is 46.6 Å². The van der Waals surface area contributed by atoms with Crippen LogP contribution in [0, 0.1) is 6.92 Å². The molecular weight excluding hydrogens is 314 g/mol. The summed E-state index contributed by atoms with van der Waals surface area (Å²) in [7, 11) is 0. The van der Waals surface area contributed by atoms with Crippen LogP contribution in [0.2, 0.25) is 0 Å². The Morgan fingerprint density at radius 3 is 2.88 bits per heavy atom. The minimum atomic E-state index is -0.672. The SMILES string of the molecule is Cc1cccc(CC(=O)N2CCCC3(C2)OC(=O)c2ccccc23)c1. The third-order valence-electron chi connectivity index (χ3n) is 5.17. The number of fused-ring (bicyclic) bond motifs is 2. The zero-order valence-electron chi connectivity index (χ0n) is 14.3. The van der Waals surface area contributed by atoms with Gasteiger partial charge in [0.05, 0.1) is 18.5 Å². The summed E-state index contributed by atoms with van der Waals surface area (Å²) < 4.78 is 5.78. The largest absolute Gasteiger partial charge is 0.449 e. The van der Waals surface area contributed by atoms with Gasteiger partial charge in [-0.2, -0.15) is 0 Å². The second-order valence-corrected chi connectivity index (χ2v) is 7.01. The molecule has 2 aromatic rings. The Bertz CT molecular complexity index is 845. The van der Waals surface area contributed by atoms with Crippen LogP contribution in [0.4, 0.5) is 0 Å². The van der Waals surface area contributed by atoms with E-state index >= 15 is 0 Å². The quantitative estimate of drug-likeness (QED) is 0.792. The van der Waals surface area contributed by atoms with Crippen LogP contribution in [0.5, 0.6) is 0 Å². The number of rotatable bonds is 2. The molecule has 1 unspecified atom stereocenters. The standard InChI is InChI=1S/C21H21NO3/c1-15-6-4-7-16(12-15)13-19(23)22-11-5-10-21(14-22)18-9-3-2-8-17(18)20(24)25-21/h2-4,6-9,12H,5,10-11,13-14H2,1H3. The summed E-state index contributed by atoms with van der Waals surface area (Å²) in [5.41, 5.74) is 3.06. The molecule has 1 spiro atoms. The van der Waals surface area contributed by atoms with Gasteiger partial charge in [-0.05, 0) is 31.4 Å². The highest BCUT2D eigenvalue weighted by Crippen LogP contribution is 2.42. The number of piperidine rings is 1. The number of likely N-dealkylation sites (tertiary alicyclic amines) is 1. The first kappa shape index (κ1) is 15.9. The van der Waals surface area contributed by atoms with E-state index < -0.39 is 5.60 Å². The van der Waals surface area contributed by atoms with Crippen LogP contribution in [0.15, 0.2) is 48.5 Å². The Hall–Kier alpha value is -2.62. The predicted octanol–water partition coefficient (Wildman–Crippen LogP) is 3.23. The maximum atomic E-state index is 12.8. The second-order valence-electron chi connectivity index (χ2n) is 7.01. The van der Waals surface area contributed by atoms with Crippen molar-refractivity contribution in [2.24, 2.45) is 0 Å². The molecule has 4 nitrogen and oxygen atoms in total.